The van der Waals surface area contributed by atoms with E-state index in [0.29, 0.717) is 21.1 Å². The van der Waals surface area contributed by atoms with E-state index in [1.165, 1.54) is 0 Å². The van der Waals surface area contributed by atoms with E-state index >= 15 is 0 Å². The minimum atomic E-state index is -3.94. The zero-order chi connectivity index (χ0) is 14.8. The molecule has 1 aromatic carbocycles. The number of halogens is 2. The van der Waals surface area contributed by atoms with Crippen LogP contribution in [0.1, 0.15) is 11.1 Å². The molecule has 0 unspecified atom stereocenters. The number of aryl methyl sites for hydroxylation is 2. The molecule has 5 nitrogen and oxygen atoms in total. The predicted molar refractivity (Wildman–Crippen MR) is 69.5 cm³/mol. The first-order valence-electron chi connectivity index (χ1n) is 5.52. The molecule has 19 heavy (non-hydrogen) atoms. The van der Waals surface area contributed by atoms with E-state index in [4.69, 9.17) is 5.84 Å². The summed E-state index contributed by atoms with van der Waals surface area (Å²) in [5, 5.41) is 0. The van der Waals surface area contributed by atoms with Gasteiger partial charge in [-0.2, -0.15) is 4.31 Å². The summed E-state index contributed by atoms with van der Waals surface area (Å²) in [5.74, 6) is 5.26. The number of hydrogen-bond donors (Lipinski definition) is 2. The van der Waals surface area contributed by atoms with E-state index in [9.17, 15) is 17.2 Å². The molecular formula is C11H17F2N3O2S. The van der Waals surface area contributed by atoms with E-state index in [1.54, 1.807) is 26.0 Å². The minimum Gasteiger partial charge on any atom is -0.324 e. The van der Waals surface area contributed by atoms with Crippen molar-refractivity contribution in [3.05, 3.63) is 23.3 Å². The van der Waals surface area contributed by atoms with Gasteiger partial charge in [0.25, 0.3) is 6.43 Å². The molecule has 0 aliphatic carbocycles. The molecule has 0 saturated carbocycles. The summed E-state index contributed by atoms with van der Waals surface area (Å²) in [6.07, 6.45) is -2.72. The number of alkyl halides is 2. The lowest BCUT2D eigenvalue weighted by Gasteiger charge is -2.20. The van der Waals surface area contributed by atoms with Crippen molar-refractivity contribution in [1.29, 1.82) is 0 Å². The van der Waals surface area contributed by atoms with Crippen molar-refractivity contribution < 1.29 is 17.2 Å². The molecule has 1 rings (SSSR count). The number of benzene rings is 1. The van der Waals surface area contributed by atoms with Crippen molar-refractivity contribution in [2.75, 3.05) is 19.0 Å². The maximum atomic E-state index is 12.3. The zero-order valence-corrected chi connectivity index (χ0v) is 11.8. The Balaban J connectivity index is 3.29. The Morgan fingerprint density at radius 2 is 1.79 bits per heavy atom. The molecule has 8 heteroatoms. The first-order valence-corrected chi connectivity index (χ1v) is 6.96. The van der Waals surface area contributed by atoms with E-state index in [1.807, 2.05) is 0 Å². The number of nitrogens with zero attached hydrogens (tertiary/aromatic N) is 1. The molecule has 108 valence electrons. The van der Waals surface area contributed by atoms with Gasteiger partial charge in [-0.25, -0.2) is 17.2 Å². The van der Waals surface area contributed by atoms with Crippen LogP contribution in [-0.2, 0) is 10.0 Å². The molecule has 0 radical (unpaired) electrons. The van der Waals surface area contributed by atoms with Crippen LogP contribution in [0.2, 0.25) is 0 Å². The topological polar surface area (TPSA) is 75.4 Å². The van der Waals surface area contributed by atoms with Gasteiger partial charge in [0.1, 0.15) is 0 Å². The normalized spacial score (nSPS) is 12.2. The first kappa shape index (κ1) is 15.8. The van der Waals surface area contributed by atoms with Gasteiger partial charge < -0.3 is 5.43 Å². The van der Waals surface area contributed by atoms with Gasteiger partial charge in [-0.05, 0) is 37.1 Å². The number of anilines is 1. The summed E-state index contributed by atoms with van der Waals surface area (Å²) in [5.41, 5.74) is 3.89. The van der Waals surface area contributed by atoms with Gasteiger partial charge in [0, 0.05) is 12.7 Å². The van der Waals surface area contributed by atoms with Crippen LogP contribution in [-0.4, -0.2) is 32.7 Å². The maximum Gasteiger partial charge on any atom is 0.252 e. The molecule has 0 saturated heterocycles. The van der Waals surface area contributed by atoms with Crippen LogP contribution in [0.4, 0.5) is 14.5 Å². The highest BCUT2D eigenvalue weighted by molar-refractivity contribution is 7.89. The highest BCUT2D eigenvalue weighted by atomic mass is 32.2. The van der Waals surface area contributed by atoms with Crippen LogP contribution in [0, 0.1) is 13.8 Å². The summed E-state index contributed by atoms with van der Waals surface area (Å²) in [6.45, 7) is 2.35. The minimum absolute atomic E-state index is 0.0367. The molecular weight excluding hydrogens is 276 g/mol. The van der Waals surface area contributed by atoms with Crippen LogP contribution >= 0.6 is 0 Å². The fraction of sp³-hybridized carbons (Fsp3) is 0.455. The molecule has 0 fully saturated rings. The molecule has 0 spiro atoms. The van der Waals surface area contributed by atoms with Crippen LogP contribution in [0.5, 0.6) is 0 Å². The number of sulfonamides is 1. The van der Waals surface area contributed by atoms with Crippen LogP contribution in [0.25, 0.3) is 0 Å². The van der Waals surface area contributed by atoms with Crippen molar-refractivity contribution in [3.63, 3.8) is 0 Å². The smallest absolute Gasteiger partial charge is 0.252 e. The Hall–Kier alpha value is -1.25. The standard InChI is InChI=1S/C11H17F2N3O2S/c1-7-4-9(15-14)5-8(2)11(7)19(17,18)16(3)6-10(12)13/h4-5,10,15H,6,14H2,1-3H3. The lowest BCUT2D eigenvalue weighted by molar-refractivity contribution is 0.126. The molecule has 0 atom stereocenters. The van der Waals surface area contributed by atoms with Gasteiger partial charge >= 0.3 is 0 Å². The predicted octanol–water partition coefficient (Wildman–Crippen LogP) is 1.47. The van der Waals surface area contributed by atoms with Crippen LogP contribution in [0.3, 0.4) is 0 Å². The van der Waals surface area contributed by atoms with Crippen molar-refractivity contribution in [3.8, 4) is 0 Å². The van der Waals surface area contributed by atoms with Gasteiger partial charge in [0.2, 0.25) is 10.0 Å². The Bertz CT molecular complexity index is 538. The molecule has 0 aliphatic heterocycles. The molecule has 0 aromatic heterocycles. The Morgan fingerprint density at radius 1 is 1.32 bits per heavy atom. The van der Waals surface area contributed by atoms with E-state index in [0.717, 1.165) is 7.05 Å². The highest BCUT2D eigenvalue weighted by Crippen LogP contribution is 2.26. The number of hydrogen-bond acceptors (Lipinski definition) is 4. The number of nitrogens with two attached hydrogens (primary N) is 1. The molecule has 0 heterocycles. The van der Waals surface area contributed by atoms with Crippen molar-refractivity contribution in [1.82, 2.24) is 4.31 Å². The third-order valence-corrected chi connectivity index (χ3v) is 4.82. The first-order chi connectivity index (χ1) is 8.70. The van der Waals surface area contributed by atoms with E-state index < -0.39 is 23.0 Å². The number of hydrazine groups is 1. The summed E-state index contributed by atoms with van der Waals surface area (Å²) in [4.78, 5) is 0.0367. The number of nitrogen functional groups attached to an aromatic ring is 1. The average Bonchev–Trinajstić information content (AvgIpc) is 2.26. The number of rotatable bonds is 5. The van der Waals surface area contributed by atoms with Crippen molar-refractivity contribution in [2.24, 2.45) is 5.84 Å². The van der Waals surface area contributed by atoms with Gasteiger partial charge in [0.15, 0.2) is 0 Å². The van der Waals surface area contributed by atoms with Gasteiger partial charge in [-0.15, -0.1) is 0 Å². The number of nitrogens with one attached hydrogen (secondary N) is 1. The fourth-order valence-corrected chi connectivity index (χ4v) is 3.44. The SMILES string of the molecule is Cc1cc(NN)cc(C)c1S(=O)(=O)N(C)CC(F)F. The van der Waals surface area contributed by atoms with E-state index in [-0.39, 0.29) is 4.90 Å². The average molecular weight is 293 g/mol. The second-order valence-electron chi connectivity index (χ2n) is 4.26. The molecule has 1 aromatic rings. The van der Waals surface area contributed by atoms with E-state index in [2.05, 4.69) is 5.43 Å². The summed E-state index contributed by atoms with van der Waals surface area (Å²) >= 11 is 0. The fourth-order valence-electron chi connectivity index (χ4n) is 1.89. The summed E-state index contributed by atoms with van der Waals surface area (Å²) in [6, 6.07) is 3.10. The molecule has 0 aliphatic rings. The Labute approximate surface area is 111 Å². The van der Waals surface area contributed by atoms with Gasteiger partial charge in [0.05, 0.1) is 11.4 Å². The third-order valence-electron chi connectivity index (χ3n) is 2.69. The van der Waals surface area contributed by atoms with Crippen molar-refractivity contribution in [2.45, 2.75) is 25.2 Å². The maximum absolute atomic E-state index is 12.3. The third kappa shape index (κ3) is 3.40. The molecule has 3 N–H and O–H groups in total. The second kappa shape index (κ2) is 5.81. The Kier molecular flexibility index (Phi) is 4.83. The largest absolute Gasteiger partial charge is 0.324 e. The summed E-state index contributed by atoms with van der Waals surface area (Å²) < 4.78 is 49.8. The quantitative estimate of drug-likeness (QED) is 0.637. The highest BCUT2D eigenvalue weighted by Gasteiger charge is 2.27. The lowest BCUT2D eigenvalue weighted by atomic mass is 10.1. The monoisotopic (exact) mass is 293 g/mol. The lowest BCUT2D eigenvalue weighted by Crippen LogP contribution is -2.32. The zero-order valence-electron chi connectivity index (χ0n) is 10.9. The van der Waals surface area contributed by atoms with Crippen LogP contribution in [0.15, 0.2) is 17.0 Å². The van der Waals surface area contributed by atoms with Crippen molar-refractivity contribution >= 4 is 15.7 Å². The molecule has 0 bridgehead atoms. The van der Waals surface area contributed by atoms with Crippen LogP contribution < -0.4 is 11.3 Å². The Morgan fingerprint density at radius 3 is 2.16 bits per heavy atom. The molecule has 0 amide bonds. The van der Waals surface area contributed by atoms with Gasteiger partial charge in [-0.1, -0.05) is 0 Å². The summed E-state index contributed by atoms with van der Waals surface area (Å²) in [7, 11) is -2.80. The second-order valence-corrected chi connectivity index (χ2v) is 6.24. The van der Waals surface area contributed by atoms with Gasteiger partial charge in [-0.3, -0.25) is 5.84 Å².